The van der Waals surface area contributed by atoms with E-state index in [0.717, 1.165) is 31.4 Å². The van der Waals surface area contributed by atoms with Crippen LogP contribution in [-0.2, 0) is 4.79 Å². The Morgan fingerprint density at radius 3 is 2.44 bits per heavy atom. The highest BCUT2D eigenvalue weighted by molar-refractivity contribution is 5.94. The van der Waals surface area contributed by atoms with Crippen LogP contribution >= 0.6 is 0 Å². The number of aromatic amines is 1. The Morgan fingerprint density at radius 2 is 1.75 bits per heavy atom. The van der Waals surface area contributed by atoms with Crippen LogP contribution in [-0.4, -0.2) is 62.7 Å². The van der Waals surface area contributed by atoms with E-state index in [2.05, 4.69) is 9.97 Å². The van der Waals surface area contributed by atoms with Gasteiger partial charge in [0.25, 0.3) is 11.5 Å². The average molecular weight is 438 g/mol. The molecule has 0 radical (unpaired) electrons. The average Bonchev–Trinajstić information content (AvgIpc) is 2.83. The number of pyridine rings is 1. The van der Waals surface area contributed by atoms with Crippen molar-refractivity contribution in [3.05, 3.63) is 58.0 Å². The summed E-state index contributed by atoms with van der Waals surface area (Å²) >= 11 is 0. The molecule has 2 fully saturated rings. The molecule has 2 saturated heterocycles. The fraction of sp³-hybridized carbons (Fsp3) is 0.542. The molecule has 2 aliphatic rings. The van der Waals surface area contributed by atoms with Gasteiger partial charge in [0.05, 0.1) is 5.69 Å². The molecule has 8 nitrogen and oxygen atoms in total. The van der Waals surface area contributed by atoms with Gasteiger partial charge in [-0.3, -0.25) is 19.4 Å². The first-order chi connectivity index (χ1) is 15.4. The van der Waals surface area contributed by atoms with Crippen LogP contribution in [0, 0.1) is 5.92 Å². The molecule has 0 aromatic carbocycles. The van der Waals surface area contributed by atoms with E-state index >= 15 is 0 Å². The van der Waals surface area contributed by atoms with Gasteiger partial charge >= 0.3 is 0 Å². The molecular weight excluding hydrogens is 406 g/mol. The van der Waals surface area contributed by atoms with E-state index in [1.54, 1.807) is 30.6 Å². The summed E-state index contributed by atoms with van der Waals surface area (Å²) in [6, 6.07) is 5.03. The second kappa shape index (κ2) is 9.63. The largest absolute Gasteiger partial charge is 0.342 e. The fourth-order valence-electron chi connectivity index (χ4n) is 4.72. The second-order valence-corrected chi connectivity index (χ2v) is 9.14. The first-order valence-corrected chi connectivity index (χ1v) is 11.5. The Bertz CT molecular complexity index is 1010. The van der Waals surface area contributed by atoms with Crippen LogP contribution < -0.4 is 5.56 Å². The first-order valence-electron chi connectivity index (χ1n) is 11.5. The van der Waals surface area contributed by atoms with Crippen molar-refractivity contribution in [3.8, 4) is 0 Å². The normalized spacial score (nSPS) is 19.9. The molecule has 2 aliphatic heterocycles. The molecule has 1 unspecified atom stereocenters. The molecular formula is C24H31N5O3. The van der Waals surface area contributed by atoms with Crippen LogP contribution in [0.2, 0.25) is 0 Å². The van der Waals surface area contributed by atoms with Gasteiger partial charge in [-0.1, -0.05) is 13.8 Å². The topological polar surface area (TPSA) is 99.3 Å². The minimum atomic E-state index is -0.150. The molecule has 0 aliphatic carbocycles. The van der Waals surface area contributed by atoms with Crippen molar-refractivity contribution in [3.63, 3.8) is 0 Å². The Kier molecular flexibility index (Phi) is 6.67. The molecule has 2 amide bonds. The third-order valence-electron chi connectivity index (χ3n) is 6.52. The van der Waals surface area contributed by atoms with Gasteiger partial charge in [-0.05, 0) is 37.8 Å². The summed E-state index contributed by atoms with van der Waals surface area (Å²) in [6.45, 7) is 6.47. The van der Waals surface area contributed by atoms with Gasteiger partial charge in [0.2, 0.25) is 5.91 Å². The molecule has 0 spiro atoms. The Balaban J connectivity index is 1.46. The third kappa shape index (κ3) is 4.89. The molecule has 1 atom stereocenters. The Hall–Kier alpha value is -3.03. The number of nitrogens with zero attached hydrogens (tertiary/aromatic N) is 4. The van der Waals surface area contributed by atoms with Gasteiger partial charge in [-0.2, -0.15) is 0 Å². The van der Waals surface area contributed by atoms with Crippen molar-refractivity contribution in [2.75, 3.05) is 26.2 Å². The number of amides is 2. The standard InChI is InChI=1S/C24H31N5O3/c1-16(2)23(31)28-12-7-17(8-13-28)22-26-20(14-21(30)27-22)19-4-3-11-29(15-19)24(32)18-5-9-25-10-6-18/h5-6,9-10,14,16-17,19H,3-4,7-8,11-13,15H2,1-2H3,(H,26,27,30). The molecule has 1 N–H and O–H groups in total. The van der Waals surface area contributed by atoms with Gasteiger partial charge in [0, 0.05) is 68.0 Å². The van der Waals surface area contributed by atoms with E-state index in [9.17, 15) is 14.4 Å². The van der Waals surface area contributed by atoms with Crippen molar-refractivity contribution in [1.29, 1.82) is 0 Å². The first kappa shape index (κ1) is 22.2. The number of piperidine rings is 2. The number of nitrogens with one attached hydrogen (secondary N) is 1. The van der Waals surface area contributed by atoms with Crippen molar-refractivity contribution >= 4 is 11.8 Å². The van der Waals surface area contributed by atoms with Crippen LogP contribution in [0.25, 0.3) is 0 Å². The molecule has 2 aromatic rings. The van der Waals surface area contributed by atoms with Gasteiger partial charge in [-0.25, -0.2) is 4.98 Å². The summed E-state index contributed by atoms with van der Waals surface area (Å²) in [7, 11) is 0. The maximum atomic E-state index is 12.9. The smallest absolute Gasteiger partial charge is 0.253 e. The fourth-order valence-corrected chi connectivity index (χ4v) is 4.72. The predicted molar refractivity (Wildman–Crippen MR) is 120 cm³/mol. The number of hydrogen-bond acceptors (Lipinski definition) is 5. The number of aromatic nitrogens is 3. The van der Waals surface area contributed by atoms with Crippen LogP contribution in [0.4, 0.5) is 0 Å². The predicted octanol–water partition coefficient (Wildman–Crippen LogP) is 2.55. The van der Waals surface area contributed by atoms with E-state index in [1.165, 1.54) is 0 Å². The molecule has 4 heterocycles. The number of carbonyl (C=O) groups excluding carboxylic acids is 2. The molecule has 0 bridgehead atoms. The van der Waals surface area contributed by atoms with Crippen LogP contribution in [0.3, 0.4) is 0 Å². The van der Waals surface area contributed by atoms with Crippen molar-refractivity contribution in [2.45, 2.75) is 51.4 Å². The minimum absolute atomic E-state index is 0.00285. The lowest BCUT2D eigenvalue weighted by Gasteiger charge is -2.34. The van der Waals surface area contributed by atoms with Crippen molar-refractivity contribution in [1.82, 2.24) is 24.8 Å². The van der Waals surface area contributed by atoms with Crippen LogP contribution in [0.1, 0.15) is 73.2 Å². The van der Waals surface area contributed by atoms with Crippen LogP contribution in [0.5, 0.6) is 0 Å². The van der Waals surface area contributed by atoms with Gasteiger partial charge in [0.1, 0.15) is 5.82 Å². The van der Waals surface area contributed by atoms with Crippen molar-refractivity contribution in [2.24, 2.45) is 5.92 Å². The van der Waals surface area contributed by atoms with Gasteiger partial charge in [-0.15, -0.1) is 0 Å². The summed E-state index contributed by atoms with van der Waals surface area (Å²) in [6.07, 6.45) is 6.61. The number of rotatable bonds is 4. The molecule has 2 aromatic heterocycles. The highest BCUT2D eigenvalue weighted by Gasteiger charge is 2.29. The van der Waals surface area contributed by atoms with E-state index < -0.39 is 0 Å². The number of likely N-dealkylation sites (tertiary alicyclic amines) is 2. The quantitative estimate of drug-likeness (QED) is 0.792. The van der Waals surface area contributed by atoms with Crippen molar-refractivity contribution < 1.29 is 9.59 Å². The summed E-state index contributed by atoms with van der Waals surface area (Å²) in [5, 5.41) is 0. The zero-order chi connectivity index (χ0) is 22.7. The van der Waals surface area contributed by atoms with Crippen LogP contribution in [0.15, 0.2) is 35.4 Å². The lowest BCUT2D eigenvalue weighted by atomic mass is 9.92. The molecule has 170 valence electrons. The minimum Gasteiger partial charge on any atom is -0.342 e. The highest BCUT2D eigenvalue weighted by Crippen LogP contribution is 2.29. The molecule has 32 heavy (non-hydrogen) atoms. The zero-order valence-electron chi connectivity index (χ0n) is 18.8. The Morgan fingerprint density at radius 1 is 1.03 bits per heavy atom. The molecule has 0 saturated carbocycles. The summed E-state index contributed by atoms with van der Waals surface area (Å²) < 4.78 is 0. The van der Waals surface area contributed by atoms with E-state index in [4.69, 9.17) is 4.98 Å². The molecule has 4 rings (SSSR count). The lowest BCUT2D eigenvalue weighted by molar-refractivity contribution is -0.135. The zero-order valence-corrected chi connectivity index (χ0v) is 18.8. The number of H-pyrrole nitrogens is 1. The SMILES string of the molecule is CC(C)C(=O)N1CCC(c2nc(C3CCCN(C(=O)c4ccncc4)C3)cc(=O)[nH]2)CC1. The van der Waals surface area contributed by atoms with Gasteiger partial charge in [0.15, 0.2) is 0 Å². The van der Waals surface area contributed by atoms with E-state index in [-0.39, 0.29) is 35.1 Å². The monoisotopic (exact) mass is 437 g/mol. The second-order valence-electron chi connectivity index (χ2n) is 9.14. The summed E-state index contributed by atoms with van der Waals surface area (Å²) in [4.78, 5) is 53.1. The van der Waals surface area contributed by atoms with E-state index in [0.29, 0.717) is 37.6 Å². The summed E-state index contributed by atoms with van der Waals surface area (Å²) in [5.74, 6) is 1.05. The maximum Gasteiger partial charge on any atom is 0.253 e. The molecule has 8 heteroatoms. The summed E-state index contributed by atoms with van der Waals surface area (Å²) in [5.41, 5.74) is 1.24. The van der Waals surface area contributed by atoms with E-state index in [1.807, 2.05) is 23.6 Å². The van der Waals surface area contributed by atoms with Gasteiger partial charge < -0.3 is 14.8 Å². The lowest BCUT2D eigenvalue weighted by Crippen LogP contribution is -2.41. The Labute approximate surface area is 188 Å². The third-order valence-corrected chi connectivity index (χ3v) is 6.52. The maximum absolute atomic E-state index is 12.9. The number of hydrogen-bond donors (Lipinski definition) is 1. The number of carbonyl (C=O) groups is 2. The highest BCUT2D eigenvalue weighted by atomic mass is 16.2.